The van der Waals surface area contributed by atoms with Gasteiger partial charge in [0.05, 0.1) is 40.1 Å². The van der Waals surface area contributed by atoms with Gasteiger partial charge in [-0.25, -0.2) is 0 Å². The minimum absolute atomic E-state index is 0.278. The molecule has 0 aliphatic rings. The van der Waals surface area contributed by atoms with Crippen LogP contribution in [0.3, 0.4) is 0 Å². The van der Waals surface area contributed by atoms with Crippen LogP contribution in [0.25, 0.3) is 10.9 Å². The molecule has 5 nitrogen and oxygen atoms in total. The molecule has 128 valence electrons. The van der Waals surface area contributed by atoms with Crippen LogP contribution >= 0.6 is 34.8 Å². The van der Waals surface area contributed by atoms with Gasteiger partial charge in [0.15, 0.2) is 0 Å². The molecule has 3 aromatic rings. The van der Waals surface area contributed by atoms with Crippen molar-refractivity contribution in [2.24, 2.45) is 5.10 Å². The fourth-order valence-electron chi connectivity index (χ4n) is 2.24. The number of anilines is 1. The molecule has 25 heavy (non-hydrogen) atoms. The molecule has 0 saturated heterocycles. The number of benzene rings is 2. The monoisotopic (exact) mass is 395 g/mol. The number of ether oxygens (including phenoxy) is 1. The number of halogens is 3. The van der Waals surface area contributed by atoms with Crippen molar-refractivity contribution >= 4 is 57.6 Å². The molecule has 2 N–H and O–H groups in total. The molecule has 1 heterocycles. The average molecular weight is 397 g/mol. The van der Waals surface area contributed by atoms with E-state index in [-0.39, 0.29) is 5.56 Å². The maximum absolute atomic E-state index is 12.2. The summed E-state index contributed by atoms with van der Waals surface area (Å²) in [6.45, 7) is 0. The number of methoxy groups -OCH3 is 1. The molecule has 0 spiro atoms. The van der Waals surface area contributed by atoms with Gasteiger partial charge in [-0.2, -0.15) is 5.10 Å². The summed E-state index contributed by atoms with van der Waals surface area (Å²) >= 11 is 18.0. The van der Waals surface area contributed by atoms with Crippen LogP contribution in [0.4, 0.5) is 5.69 Å². The van der Waals surface area contributed by atoms with Crippen molar-refractivity contribution in [3.8, 4) is 5.75 Å². The van der Waals surface area contributed by atoms with Crippen LogP contribution in [0.15, 0.2) is 46.3 Å². The van der Waals surface area contributed by atoms with Crippen molar-refractivity contribution in [1.29, 1.82) is 0 Å². The molecule has 0 radical (unpaired) electrons. The fourth-order valence-corrected chi connectivity index (χ4v) is 3.14. The van der Waals surface area contributed by atoms with Crippen LogP contribution in [0, 0.1) is 0 Å². The Morgan fingerprint density at radius 3 is 2.52 bits per heavy atom. The van der Waals surface area contributed by atoms with E-state index in [9.17, 15) is 4.79 Å². The number of rotatable bonds is 4. The molecule has 0 aliphatic heterocycles. The standard InChI is InChI=1S/C17H12Cl3N3O2/c1-25-12-3-2-9-4-10(17(24)22-15(9)7-12)8-21-23-16-13(19)5-11(18)6-14(16)20/h2-8,23H,1H3,(H,22,24). The molecule has 0 aliphatic carbocycles. The van der Waals surface area contributed by atoms with Crippen LogP contribution in [0.2, 0.25) is 15.1 Å². The Kier molecular flexibility index (Phi) is 5.18. The molecule has 3 rings (SSSR count). The van der Waals surface area contributed by atoms with E-state index < -0.39 is 0 Å². The number of hydrogen-bond donors (Lipinski definition) is 2. The van der Waals surface area contributed by atoms with Crippen molar-refractivity contribution in [1.82, 2.24) is 4.98 Å². The van der Waals surface area contributed by atoms with Crippen molar-refractivity contribution in [2.75, 3.05) is 12.5 Å². The lowest BCUT2D eigenvalue weighted by molar-refractivity contribution is 0.415. The topological polar surface area (TPSA) is 66.5 Å². The lowest BCUT2D eigenvalue weighted by Crippen LogP contribution is -2.12. The number of nitrogens with one attached hydrogen (secondary N) is 2. The summed E-state index contributed by atoms with van der Waals surface area (Å²) in [4.78, 5) is 15.0. The normalized spacial score (nSPS) is 11.2. The van der Waals surface area contributed by atoms with Gasteiger partial charge in [-0.3, -0.25) is 10.2 Å². The Balaban J connectivity index is 1.89. The molecule has 0 atom stereocenters. The first-order chi connectivity index (χ1) is 12.0. The molecule has 0 saturated carbocycles. The van der Waals surface area contributed by atoms with Gasteiger partial charge in [0.25, 0.3) is 5.56 Å². The van der Waals surface area contributed by atoms with Gasteiger partial charge in [0, 0.05) is 11.1 Å². The Bertz CT molecular complexity index is 1010. The molecule has 0 unspecified atom stereocenters. The quantitative estimate of drug-likeness (QED) is 0.485. The molecular weight excluding hydrogens is 385 g/mol. The molecule has 2 aromatic carbocycles. The summed E-state index contributed by atoms with van der Waals surface area (Å²) in [5.41, 5.74) is 3.91. The Hall–Kier alpha value is -2.21. The third-order valence-electron chi connectivity index (χ3n) is 3.47. The minimum atomic E-state index is -0.278. The first-order valence-electron chi connectivity index (χ1n) is 7.12. The molecule has 0 amide bonds. The summed E-state index contributed by atoms with van der Waals surface area (Å²) < 4.78 is 5.14. The van der Waals surface area contributed by atoms with Gasteiger partial charge in [-0.05, 0) is 35.7 Å². The highest BCUT2D eigenvalue weighted by molar-refractivity contribution is 6.41. The van der Waals surface area contributed by atoms with Crippen LogP contribution < -0.4 is 15.7 Å². The van der Waals surface area contributed by atoms with E-state index in [1.165, 1.54) is 6.21 Å². The van der Waals surface area contributed by atoms with Gasteiger partial charge in [-0.15, -0.1) is 0 Å². The van der Waals surface area contributed by atoms with Gasteiger partial charge in [-0.1, -0.05) is 34.8 Å². The Morgan fingerprint density at radius 2 is 1.84 bits per heavy atom. The van der Waals surface area contributed by atoms with Gasteiger partial charge in [0.2, 0.25) is 0 Å². The summed E-state index contributed by atoms with van der Waals surface area (Å²) in [5.74, 6) is 0.665. The number of nitrogens with zero attached hydrogens (tertiary/aromatic N) is 1. The largest absolute Gasteiger partial charge is 0.497 e. The predicted molar refractivity (Wildman–Crippen MR) is 104 cm³/mol. The van der Waals surface area contributed by atoms with Gasteiger partial charge >= 0.3 is 0 Å². The van der Waals surface area contributed by atoms with Crippen LogP contribution in [0.1, 0.15) is 5.56 Å². The average Bonchev–Trinajstić information content (AvgIpc) is 2.57. The maximum atomic E-state index is 12.2. The molecular formula is C17H12Cl3N3O2. The zero-order chi connectivity index (χ0) is 18.0. The van der Waals surface area contributed by atoms with E-state index in [0.29, 0.717) is 37.6 Å². The van der Waals surface area contributed by atoms with Crippen LogP contribution in [-0.4, -0.2) is 18.3 Å². The number of hydrogen-bond acceptors (Lipinski definition) is 4. The Morgan fingerprint density at radius 1 is 1.12 bits per heavy atom. The highest BCUT2D eigenvalue weighted by Crippen LogP contribution is 2.33. The third kappa shape index (κ3) is 3.90. The second-order valence-corrected chi connectivity index (χ2v) is 6.37. The second kappa shape index (κ2) is 7.35. The Labute approximate surface area is 158 Å². The van der Waals surface area contributed by atoms with Crippen LogP contribution in [0.5, 0.6) is 5.75 Å². The van der Waals surface area contributed by atoms with E-state index in [4.69, 9.17) is 39.5 Å². The zero-order valence-corrected chi connectivity index (χ0v) is 15.2. The first-order valence-corrected chi connectivity index (χ1v) is 8.26. The van der Waals surface area contributed by atoms with Gasteiger partial charge in [0.1, 0.15) is 5.75 Å². The maximum Gasteiger partial charge on any atom is 0.257 e. The fraction of sp³-hybridized carbons (Fsp3) is 0.0588. The SMILES string of the molecule is COc1ccc2cc(C=NNc3c(Cl)cc(Cl)cc3Cl)c(=O)[nH]c2c1. The van der Waals surface area contributed by atoms with Crippen molar-refractivity contribution in [3.63, 3.8) is 0 Å². The smallest absolute Gasteiger partial charge is 0.257 e. The molecule has 1 aromatic heterocycles. The van der Waals surface area contributed by atoms with E-state index in [1.54, 1.807) is 31.4 Å². The number of H-pyrrole nitrogens is 1. The molecule has 0 bridgehead atoms. The van der Waals surface area contributed by atoms with E-state index >= 15 is 0 Å². The van der Waals surface area contributed by atoms with E-state index in [1.807, 2.05) is 12.1 Å². The van der Waals surface area contributed by atoms with Crippen LogP contribution in [-0.2, 0) is 0 Å². The highest BCUT2D eigenvalue weighted by atomic mass is 35.5. The van der Waals surface area contributed by atoms with Crippen molar-refractivity contribution in [2.45, 2.75) is 0 Å². The van der Waals surface area contributed by atoms with Crippen molar-refractivity contribution in [3.05, 3.63) is 67.4 Å². The molecule has 8 heteroatoms. The third-order valence-corrected chi connectivity index (χ3v) is 4.28. The number of aromatic nitrogens is 1. The van der Waals surface area contributed by atoms with Gasteiger partial charge < -0.3 is 9.72 Å². The highest BCUT2D eigenvalue weighted by Gasteiger charge is 2.07. The summed E-state index contributed by atoms with van der Waals surface area (Å²) in [6, 6.07) is 10.2. The second-order valence-electron chi connectivity index (χ2n) is 5.12. The van der Waals surface area contributed by atoms with E-state index in [2.05, 4.69) is 15.5 Å². The molecule has 0 fully saturated rings. The van der Waals surface area contributed by atoms with Crippen molar-refractivity contribution < 1.29 is 4.74 Å². The number of hydrazone groups is 1. The summed E-state index contributed by atoms with van der Waals surface area (Å²) in [7, 11) is 1.57. The number of pyridine rings is 1. The van der Waals surface area contributed by atoms with E-state index in [0.717, 1.165) is 5.39 Å². The minimum Gasteiger partial charge on any atom is -0.497 e. The number of aromatic amines is 1. The lowest BCUT2D eigenvalue weighted by Gasteiger charge is -2.06. The first kappa shape index (κ1) is 17.6. The lowest BCUT2D eigenvalue weighted by atomic mass is 10.1. The summed E-state index contributed by atoms with van der Waals surface area (Å²) in [6.07, 6.45) is 1.39. The zero-order valence-electron chi connectivity index (χ0n) is 12.9. The summed E-state index contributed by atoms with van der Waals surface area (Å²) in [5, 5.41) is 5.96. The predicted octanol–water partition coefficient (Wildman–Crippen LogP) is 4.94. The number of fused-ring (bicyclic) bond motifs is 1.